The Morgan fingerprint density at radius 2 is 1.73 bits per heavy atom. The first-order valence-corrected chi connectivity index (χ1v) is 14.9. The molecule has 40 heavy (non-hydrogen) atoms. The lowest BCUT2D eigenvalue weighted by Gasteiger charge is -2.45. The van der Waals surface area contributed by atoms with E-state index < -0.39 is 65.8 Å². The second-order valence-corrected chi connectivity index (χ2v) is 13.3. The molecule has 2 saturated heterocycles. The predicted molar refractivity (Wildman–Crippen MR) is 153 cm³/mol. The summed E-state index contributed by atoms with van der Waals surface area (Å²) < 4.78 is 18.3. The van der Waals surface area contributed by atoms with Crippen molar-refractivity contribution in [1.29, 1.82) is 0 Å². The first kappa shape index (κ1) is 35.3. The zero-order chi connectivity index (χ0) is 30.7. The minimum absolute atomic E-state index is 0.0397. The van der Waals surface area contributed by atoms with Gasteiger partial charge >= 0.3 is 5.97 Å². The van der Waals surface area contributed by atoms with Gasteiger partial charge in [0.05, 0.1) is 29.8 Å². The number of aliphatic hydroxyl groups excluding tert-OH is 2. The summed E-state index contributed by atoms with van der Waals surface area (Å²) in [5.41, 5.74) is -3.11. The highest BCUT2D eigenvalue weighted by Gasteiger charge is 2.48. The summed E-state index contributed by atoms with van der Waals surface area (Å²) in [7, 11) is 5.84. The fraction of sp³-hybridized carbons (Fsp3) is 0.933. The number of ether oxygens (including phenoxy) is 3. The molecular weight excluding hydrogens is 516 g/mol. The number of carbonyl (C=O) groups is 1. The maximum Gasteiger partial charge on any atom is 0.311 e. The topological polar surface area (TPSA) is 132 Å². The first-order chi connectivity index (χ1) is 18.3. The fourth-order valence-electron chi connectivity index (χ4n) is 6.47. The number of cyclic esters (lactones) is 1. The highest BCUT2D eigenvalue weighted by molar-refractivity contribution is 5.73. The quantitative estimate of drug-likeness (QED) is 0.369. The number of hydrogen-bond acceptors (Lipinski definition) is 10. The summed E-state index contributed by atoms with van der Waals surface area (Å²) in [5, 5.41) is 45.8. The largest absolute Gasteiger partial charge is 0.459 e. The molecule has 0 spiro atoms. The molecule has 0 bridgehead atoms. The molecule has 0 amide bonds. The molecule has 2 fully saturated rings. The van der Waals surface area contributed by atoms with Gasteiger partial charge in [0.25, 0.3) is 0 Å². The normalized spacial score (nSPS) is 47.4. The molecule has 10 nitrogen and oxygen atoms in total. The van der Waals surface area contributed by atoms with Crippen LogP contribution >= 0.6 is 0 Å². The molecule has 2 aliphatic rings. The standard InChI is InChI=1S/C30H57N2O8/c1-12-23-30(8,37)26(34)21(6)32(11)16-17(2)15-29(7,36)27(19(4)25(33)20(5)28(35)39-23)40-24-14-22(31(9)10)13-18(3)38-24/h14,17-27,33-34,36-37H,12-13,15-16H2,1-11H3/t17-,18-,19+,20-,21-,22-,23-,24+,25+,26-,27-,29-,30-/m1/s1. The van der Waals surface area contributed by atoms with Gasteiger partial charge in [-0.2, -0.15) is 0 Å². The average molecular weight is 574 g/mol. The zero-order valence-corrected chi connectivity index (χ0v) is 26.6. The van der Waals surface area contributed by atoms with Crippen molar-refractivity contribution in [2.75, 3.05) is 27.7 Å². The van der Waals surface area contributed by atoms with E-state index in [1.165, 1.54) is 6.92 Å². The Labute approximate surface area is 242 Å². The molecule has 0 unspecified atom stereocenters. The van der Waals surface area contributed by atoms with Gasteiger partial charge in [-0.05, 0) is 80.9 Å². The predicted octanol–water partition coefficient (Wildman–Crippen LogP) is 1.82. The van der Waals surface area contributed by atoms with E-state index in [0.717, 1.165) is 6.42 Å². The highest BCUT2D eigenvalue weighted by Crippen LogP contribution is 2.36. The molecule has 4 N–H and O–H groups in total. The first-order valence-electron chi connectivity index (χ1n) is 14.9. The third kappa shape index (κ3) is 8.37. The molecular formula is C30H57N2O8. The van der Waals surface area contributed by atoms with Gasteiger partial charge in [0.1, 0.15) is 17.8 Å². The Hall–Kier alpha value is -0.850. The van der Waals surface area contributed by atoms with Gasteiger partial charge in [-0.15, -0.1) is 0 Å². The van der Waals surface area contributed by atoms with E-state index in [-0.39, 0.29) is 24.5 Å². The van der Waals surface area contributed by atoms with E-state index in [2.05, 4.69) is 4.90 Å². The molecule has 235 valence electrons. The highest BCUT2D eigenvalue weighted by atomic mass is 16.7. The van der Waals surface area contributed by atoms with Gasteiger partial charge in [-0.1, -0.05) is 20.8 Å². The minimum Gasteiger partial charge on any atom is -0.459 e. The summed E-state index contributed by atoms with van der Waals surface area (Å²) in [5.74, 6) is -2.39. The Balaban J connectivity index is 2.48. The van der Waals surface area contributed by atoms with Crippen LogP contribution in [-0.4, -0.2) is 124 Å². The number of nitrogens with zero attached hydrogens (tertiary/aromatic N) is 2. The van der Waals surface area contributed by atoms with Crippen LogP contribution in [0.5, 0.6) is 0 Å². The van der Waals surface area contributed by atoms with Crippen LogP contribution < -0.4 is 0 Å². The lowest BCUT2D eigenvalue weighted by molar-refractivity contribution is -0.249. The van der Waals surface area contributed by atoms with E-state index in [0.29, 0.717) is 13.0 Å². The lowest BCUT2D eigenvalue weighted by Crippen LogP contribution is -2.59. The van der Waals surface area contributed by atoms with Gasteiger partial charge in [-0.3, -0.25) is 4.79 Å². The van der Waals surface area contributed by atoms with Gasteiger partial charge < -0.3 is 44.4 Å². The Kier molecular flexibility index (Phi) is 12.4. The second kappa shape index (κ2) is 14.1. The summed E-state index contributed by atoms with van der Waals surface area (Å²) in [6.45, 7) is 14.6. The molecule has 1 radical (unpaired) electrons. The monoisotopic (exact) mass is 573 g/mol. The van der Waals surface area contributed by atoms with Crippen molar-refractivity contribution in [3.63, 3.8) is 0 Å². The minimum atomic E-state index is -1.72. The van der Waals surface area contributed by atoms with Crippen molar-refractivity contribution in [3.8, 4) is 0 Å². The summed E-state index contributed by atoms with van der Waals surface area (Å²) in [4.78, 5) is 17.3. The third-order valence-electron chi connectivity index (χ3n) is 9.17. The third-order valence-corrected chi connectivity index (χ3v) is 9.17. The number of aliphatic hydroxyl groups is 4. The maximum absolute atomic E-state index is 13.3. The van der Waals surface area contributed by atoms with Gasteiger partial charge in [0.15, 0.2) is 6.29 Å². The van der Waals surface area contributed by atoms with Crippen molar-refractivity contribution in [1.82, 2.24) is 9.80 Å². The molecule has 0 aromatic carbocycles. The summed E-state index contributed by atoms with van der Waals surface area (Å²) >= 11 is 0. The van der Waals surface area contributed by atoms with Crippen LogP contribution in [0.4, 0.5) is 0 Å². The SMILES string of the molecule is CC[C@H]1OC(=O)[C@H](C)[C@@H](O)[C@H](C)[C@@H](O[C@H]2[CH][C@H](N(C)C)C[C@@H](C)O2)[C@](C)(O)C[C@@H](C)CN(C)[C@H](C)[C@@H](O)[C@]1(C)O. The fourth-order valence-corrected chi connectivity index (χ4v) is 6.47. The number of likely N-dealkylation sites (N-methyl/N-ethyl adjacent to an activating group) is 1. The molecule has 0 saturated carbocycles. The van der Waals surface area contributed by atoms with Crippen LogP contribution in [0, 0.1) is 24.2 Å². The van der Waals surface area contributed by atoms with Gasteiger partial charge in [-0.25, -0.2) is 0 Å². The van der Waals surface area contributed by atoms with Crippen molar-refractivity contribution >= 4 is 5.97 Å². The molecule has 2 heterocycles. The van der Waals surface area contributed by atoms with Gasteiger partial charge in [0, 0.05) is 31.0 Å². The van der Waals surface area contributed by atoms with Crippen LogP contribution in [-0.2, 0) is 19.0 Å². The van der Waals surface area contributed by atoms with E-state index >= 15 is 0 Å². The number of hydrogen-bond donors (Lipinski definition) is 4. The number of carbonyl (C=O) groups excluding carboxylic acids is 1. The van der Waals surface area contributed by atoms with Crippen molar-refractivity contribution in [3.05, 3.63) is 6.42 Å². The van der Waals surface area contributed by atoms with E-state index in [4.69, 9.17) is 14.2 Å². The Bertz CT molecular complexity index is 809. The van der Waals surface area contributed by atoms with E-state index in [1.807, 2.05) is 53.2 Å². The molecule has 10 heteroatoms. The van der Waals surface area contributed by atoms with E-state index in [9.17, 15) is 25.2 Å². The summed E-state index contributed by atoms with van der Waals surface area (Å²) in [6, 6.07) is -0.349. The second-order valence-electron chi connectivity index (χ2n) is 13.3. The molecule has 0 aromatic heterocycles. The van der Waals surface area contributed by atoms with Crippen molar-refractivity contribution < 1.29 is 39.4 Å². The number of rotatable bonds is 4. The average Bonchev–Trinajstić information content (AvgIpc) is 2.86. The number of esters is 1. The maximum atomic E-state index is 13.3. The Morgan fingerprint density at radius 1 is 1.12 bits per heavy atom. The molecule has 0 aromatic rings. The van der Waals surface area contributed by atoms with Crippen LogP contribution in [0.1, 0.15) is 74.7 Å². The lowest BCUT2D eigenvalue weighted by atomic mass is 9.78. The zero-order valence-electron chi connectivity index (χ0n) is 26.6. The molecule has 0 aliphatic carbocycles. The van der Waals surface area contributed by atoms with Crippen LogP contribution in [0.3, 0.4) is 0 Å². The van der Waals surface area contributed by atoms with Crippen LogP contribution in [0.15, 0.2) is 0 Å². The van der Waals surface area contributed by atoms with E-state index in [1.54, 1.807) is 27.7 Å². The van der Waals surface area contributed by atoms with Crippen LogP contribution in [0.25, 0.3) is 0 Å². The van der Waals surface area contributed by atoms with Crippen molar-refractivity contribution in [2.24, 2.45) is 17.8 Å². The Morgan fingerprint density at radius 3 is 2.27 bits per heavy atom. The van der Waals surface area contributed by atoms with Crippen molar-refractivity contribution in [2.45, 2.75) is 135 Å². The molecule has 13 atom stereocenters. The molecule has 2 aliphatic heterocycles. The van der Waals surface area contributed by atoms with Gasteiger partial charge in [0.2, 0.25) is 0 Å². The smallest absolute Gasteiger partial charge is 0.311 e. The van der Waals surface area contributed by atoms with Crippen LogP contribution in [0.2, 0.25) is 0 Å². The molecule has 2 rings (SSSR count). The summed E-state index contributed by atoms with van der Waals surface area (Å²) in [6.07, 6.45) is -1.68.